The smallest absolute Gasteiger partial charge is 0.120 e. The molecule has 4 heteroatoms. The molecule has 1 fully saturated rings. The quantitative estimate of drug-likeness (QED) is 0.866. The van der Waals surface area contributed by atoms with E-state index in [0.29, 0.717) is 6.10 Å². The van der Waals surface area contributed by atoms with Crippen LogP contribution in [-0.4, -0.2) is 26.4 Å². The number of ether oxygens (including phenoxy) is 2. The van der Waals surface area contributed by atoms with Crippen LogP contribution in [0.2, 0.25) is 5.02 Å². The average Bonchev–Trinajstić information content (AvgIpc) is 2.91. The Balaban J connectivity index is 2.12. The second kappa shape index (κ2) is 7.13. The Morgan fingerprint density at radius 2 is 2.37 bits per heavy atom. The topological polar surface area (TPSA) is 30.5 Å². The van der Waals surface area contributed by atoms with Gasteiger partial charge in [0.15, 0.2) is 0 Å². The van der Waals surface area contributed by atoms with Crippen molar-refractivity contribution in [1.82, 2.24) is 5.32 Å². The van der Waals surface area contributed by atoms with Crippen LogP contribution in [0.15, 0.2) is 18.2 Å². The van der Waals surface area contributed by atoms with Crippen LogP contribution in [0.5, 0.6) is 5.75 Å². The molecule has 0 radical (unpaired) electrons. The molecule has 2 atom stereocenters. The SMILES string of the molecule is CCNC(CC1CCCO1)c1ccc(OC)cc1Cl. The van der Waals surface area contributed by atoms with Crippen molar-refractivity contribution in [2.75, 3.05) is 20.3 Å². The van der Waals surface area contributed by atoms with E-state index >= 15 is 0 Å². The zero-order valence-electron chi connectivity index (χ0n) is 11.6. The van der Waals surface area contributed by atoms with Gasteiger partial charge in [-0.2, -0.15) is 0 Å². The fourth-order valence-corrected chi connectivity index (χ4v) is 2.88. The van der Waals surface area contributed by atoms with Gasteiger partial charge in [0.2, 0.25) is 0 Å². The highest BCUT2D eigenvalue weighted by atomic mass is 35.5. The van der Waals surface area contributed by atoms with E-state index in [4.69, 9.17) is 21.1 Å². The van der Waals surface area contributed by atoms with Gasteiger partial charge >= 0.3 is 0 Å². The van der Waals surface area contributed by atoms with E-state index in [1.54, 1.807) is 7.11 Å². The van der Waals surface area contributed by atoms with Crippen molar-refractivity contribution < 1.29 is 9.47 Å². The van der Waals surface area contributed by atoms with Crippen molar-refractivity contribution in [2.45, 2.75) is 38.3 Å². The second-order valence-corrected chi connectivity index (χ2v) is 5.28. The van der Waals surface area contributed by atoms with Crippen LogP contribution >= 0.6 is 11.6 Å². The van der Waals surface area contributed by atoms with Crippen LogP contribution in [0.4, 0.5) is 0 Å². The summed E-state index contributed by atoms with van der Waals surface area (Å²) in [5.41, 5.74) is 1.12. The highest BCUT2D eigenvalue weighted by molar-refractivity contribution is 6.31. The Labute approximate surface area is 120 Å². The van der Waals surface area contributed by atoms with Gasteiger partial charge in [-0.15, -0.1) is 0 Å². The summed E-state index contributed by atoms with van der Waals surface area (Å²) in [6.07, 6.45) is 3.64. The van der Waals surface area contributed by atoms with Gasteiger partial charge in [-0.05, 0) is 43.5 Å². The third kappa shape index (κ3) is 3.85. The third-order valence-electron chi connectivity index (χ3n) is 3.56. The maximum Gasteiger partial charge on any atom is 0.120 e. The van der Waals surface area contributed by atoms with Gasteiger partial charge in [0, 0.05) is 17.7 Å². The minimum atomic E-state index is 0.242. The molecule has 1 saturated heterocycles. The Kier molecular flexibility index (Phi) is 5.49. The molecule has 1 N–H and O–H groups in total. The summed E-state index contributed by atoms with van der Waals surface area (Å²) >= 11 is 6.36. The largest absolute Gasteiger partial charge is 0.497 e. The molecule has 0 saturated carbocycles. The van der Waals surface area contributed by atoms with Crippen LogP contribution in [0.3, 0.4) is 0 Å². The monoisotopic (exact) mass is 283 g/mol. The lowest BCUT2D eigenvalue weighted by Crippen LogP contribution is -2.25. The molecule has 1 heterocycles. The molecule has 1 aromatic carbocycles. The molecule has 1 aromatic rings. The first-order valence-corrected chi connectivity index (χ1v) is 7.30. The number of halogens is 1. The molecule has 106 valence electrons. The summed E-state index contributed by atoms with van der Waals surface area (Å²) < 4.78 is 10.9. The summed E-state index contributed by atoms with van der Waals surface area (Å²) in [4.78, 5) is 0. The van der Waals surface area contributed by atoms with Crippen molar-refractivity contribution in [3.8, 4) is 5.75 Å². The Morgan fingerprint density at radius 1 is 1.53 bits per heavy atom. The number of hydrogen-bond acceptors (Lipinski definition) is 3. The standard InChI is InChI=1S/C15H22ClNO2/c1-3-17-15(10-12-5-4-8-19-12)13-7-6-11(18-2)9-14(13)16/h6-7,9,12,15,17H,3-5,8,10H2,1-2H3. The lowest BCUT2D eigenvalue weighted by atomic mass is 9.99. The lowest BCUT2D eigenvalue weighted by molar-refractivity contribution is 0.0947. The molecule has 2 unspecified atom stereocenters. The van der Waals surface area contributed by atoms with Crippen LogP contribution in [0.1, 0.15) is 37.8 Å². The molecule has 0 bridgehead atoms. The van der Waals surface area contributed by atoms with Gasteiger partial charge in [0.25, 0.3) is 0 Å². The van der Waals surface area contributed by atoms with Crippen molar-refractivity contribution in [1.29, 1.82) is 0 Å². The molecular formula is C15H22ClNO2. The lowest BCUT2D eigenvalue weighted by Gasteiger charge is -2.23. The van der Waals surface area contributed by atoms with E-state index < -0.39 is 0 Å². The van der Waals surface area contributed by atoms with E-state index in [9.17, 15) is 0 Å². The van der Waals surface area contributed by atoms with Gasteiger partial charge in [-0.3, -0.25) is 0 Å². The predicted octanol–water partition coefficient (Wildman–Crippen LogP) is 3.57. The van der Waals surface area contributed by atoms with Crippen LogP contribution in [0, 0.1) is 0 Å². The molecule has 1 aliphatic rings. The summed E-state index contributed by atoms with van der Waals surface area (Å²) in [7, 11) is 1.65. The maximum atomic E-state index is 6.36. The summed E-state index contributed by atoms with van der Waals surface area (Å²) in [6.45, 7) is 3.92. The highest BCUT2D eigenvalue weighted by Crippen LogP contribution is 2.31. The first-order chi connectivity index (χ1) is 9.24. The average molecular weight is 284 g/mol. The van der Waals surface area contributed by atoms with Crippen molar-refractivity contribution in [2.24, 2.45) is 0 Å². The van der Waals surface area contributed by atoms with Gasteiger partial charge in [-0.1, -0.05) is 24.6 Å². The van der Waals surface area contributed by atoms with Crippen LogP contribution in [-0.2, 0) is 4.74 Å². The minimum Gasteiger partial charge on any atom is -0.497 e. The van der Waals surface area contributed by atoms with Gasteiger partial charge in [0.1, 0.15) is 5.75 Å². The second-order valence-electron chi connectivity index (χ2n) is 4.87. The van der Waals surface area contributed by atoms with Crippen molar-refractivity contribution >= 4 is 11.6 Å². The highest BCUT2D eigenvalue weighted by Gasteiger charge is 2.23. The molecule has 2 rings (SSSR count). The van der Waals surface area contributed by atoms with E-state index in [2.05, 4.69) is 12.2 Å². The number of rotatable bonds is 6. The van der Waals surface area contributed by atoms with E-state index in [-0.39, 0.29) is 6.04 Å². The van der Waals surface area contributed by atoms with Crippen LogP contribution < -0.4 is 10.1 Å². The minimum absolute atomic E-state index is 0.242. The summed E-state index contributed by atoms with van der Waals surface area (Å²) in [5, 5.41) is 4.25. The van der Waals surface area contributed by atoms with E-state index in [1.807, 2.05) is 18.2 Å². The summed E-state index contributed by atoms with van der Waals surface area (Å²) in [6, 6.07) is 6.12. The summed E-state index contributed by atoms with van der Waals surface area (Å²) in [5.74, 6) is 0.793. The number of methoxy groups -OCH3 is 1. The zero-order valence-corrected chi connectivity index (χ0v) is 12.4. The molecule has 19 heavy (non-hydrogen) atoms. The van der Waals surface area contributed by atoms with Gasteiger partial charge in [-0.25, -0.2) is 0 Å². The molecule has 3 nitrogen and oxygen atoms in total. The molecular weight excluding hydrogens is 262 g/mol. The molecule has 0 aliphatic carbocycles. The first kappa shape index (κ1) is 14.6. The number of hydrogen-bond donors (Lipinski definition) is 1. The van der Waals surface area contributed by atoms with Crippen LogP contribution in [0.25, 0.3) is 0 Å². The zero-order chi connectivity index (χ0) is 13.7. The van der Waals surface area contributed by atoms with Crippen molar-refractivity contribution in [3.63, 3.8) is 0 Å². The fourth-order valence-electron chi connectivity index (χ4n) is 2.58. The molecule has 0 spiro atoms. The maximum absolute atomic E-state index is 6.36. The normalized spacial score (nSPS) is 20.5. The van der Waals surface area contributed by atoms with E-state index in [0.717, 1.165) is 42.3 Å². The number of benzene rings is 1. The van der Waals surface area contributed by atoms with Gasteiger partial charge in [0.05, 0.1) is 13.2 Å². The Bertz CT molecular complexity index is 405. The molecule has 0 aromatic heterocycles. The number of nitrogens with one attached hydrogen (secondary N) is 1. The van der Waals surface area contributed by atoms with Gasteiger partial charge < -0.3 is 14.8 Å². The Morgan fingerprint density at radius 3 is 2.95 bits per heavy atom. The third-order valence-corrected chi connectivity index (χ3v) is 3.88. The first-order valence-electron chi connectivity index (χ1n) is 6.93. The molecule has 1 aliphatic heterocycles. The predicted molar refractivity (Wildman–Crippen MR) is 78.0 cm³/mol. The van der Waals surface area contributed by atoms with E-state index in [1.165, 1.54) is 6.42 Å². The molecule has 0 amide bonds. The Hall–Kier alpha value is -0.770. The van der Waals surface area contributed by atoms with Crippen molar-refractivity contribution in [3.05, 3.63) is 28.8 Å². The fraction of sp³-hybridized carbons (Fsp3) is 0.600.